The lowest BCUT2D eigenvalue weighted by Crippen LogP contribution is -2.15. The standard InChI is InChI=1S/C15H18N4O3/c1-4-22-12-7-5-6-11(13(12)20)8-16-19-15-17-10(3)9(2)14(21)18-15/h5-8,20H,4H2,1-3H3,(H2,17,18,19,21)/b16-8-. The van der Waals surface area contributed by atoms with Crippen LogP contribution in [0.3, 0.4) is 0 Å². The molecular formula is C15H18N4O3. The van der Waals surface area contributed by atoms with Crippen LogP contribution >= 0.6 is 0 Å². The van der Waals surface area contributed by atoms with Crippen molar-refractivity contribution in [2.75, 3.05) is 12.0 Å². The van der Waals surface area contributed by atoms with Crippen molar-refractivity contribution in [3.8, 4) is 11.5 Å². The highest BCUT2D eigenvalue weighted by Crippen LogP contribution is 2.28. The summed E-state index contributed by atoms with van der Waals surface area (Å²) >= 11 is 0. The van der Waals surface area contributed by atoms with Crippen molar-refractivity contribution in [2.45, 2.75) is 20.8 Å². The molecule has 0 bridgehead atoms. The maximum atomic E-state index is 11.6. The van der Waals surface area contributed by atoms with Gasteiger partial charge in [0.1, 0.15) is 0 Å². The van der Waals surface area contributed by atoms with Gasteiger partial charge in [0.15, 0.2) is 11.5 Å². The quantitative estimate of drug-likeness (QED) is 0.579. The molecule has 3 N–H and O–H groups in total. The van der Waals surface area contributed by atoms with E-state index in [1.165, 1.54) is 6.21 Å². The van der Waals surface area contributed by atoms with E-state index in [4.69, 9.17) is 4.74 Å². The van der Waals surface area contributed by atoms with E-state index < -0.39 is 0 Å². The number of hydrazone groups is 1. The van der Waals surface area contributed by atoms with Crippen molar-refractivity contribution in [3.05, 3.63) is 45.4 Å². The Morgan fingerprint density at radius 2 is 2.23 bits per heavy atom. The molecule has 0 radical (unpaired) electrons. The molecule has 0 spiro atoms. The normalized spacial score (nSPS) is 10.9. The number of benzene rings is 1. The molecule has 116 valence electrons. The number of hydrogen-bond acceptors (Lipinski definition) is 6. The van der Waals surface area contributed by atoms with E-state index in [1.807, 2.05) is 6.92 Å². The van der Waals surface area contributed by atoms with Crippen molar-refractivity contribution >= 4 is 12.2 Å². The zero-order valence-corrected chi connectivity index (χ0v) is 12.7. The number of hydrogen-bond donors (Lipinski definition) is 3. The number of aryl methyl sites for hydroxylation is 1. The number of rotatable bonds is 5. The van der Waals surface area contributed by atoms with Gasteiger partial charge in [-0.2, -0.15) is 5.10 Å². The van der Waals surface area contributed by atoms with Crippen molar-refractivity contribution < 1.29 is 9.84 Å². The second-order valence-electron chi connectivity index (χ2n) is 4.62. The highest BCUT2D eigenvalue weighted by atomic mass is 16.5. The molecule has 0 saturated heterocycles. The minimum atomic E-state index is -0.216. The molecule has 0 amide bonds. The highest BCUT2D eigenvalue weighted by molar-refractivity contribution is 5.85. The second kappa shape index (κ2) is 6.75. The van der Waals surface area contributed by atoms with Crippen LogP contribution < -0.4 is 15.7 Å². The molecule has 2 aromatic rings. The maximum Gasteiger partial charge on any atom is 0.255 e. The Morgan fingerprint density at radius 1 is 1.45 bits per heavy atom. The average molecular weight is 302 g/mol. The number of H-pyrrole nitrogens is 1. The first-order valence-corrected chi connectivity index (χ1v) is 6.84. The monoisotopic (exact) mass is 302 g/mol. The zero-order chi connectivity index (χ0) is 16.1. The summed E-state index contributed by atoms with van der Waals surface area (Å²) in [7, 11) is 0. The number of aromatic nitrogens is 2. The highest BCUT2D eigenvalue weighted by Gasteiger charge is 2.06. The van der Waals surface area contributed by atoms with Crippen LogP contribution in [0.5, 0.6) is 11.5 Å². The molecule has 0 fully saturated rings. The van der Waals surface area contributed by atoms with Gasteiger partial charge in [-0.05, 0) is 32.9 Å². The Hall–Kier alpha value is -2.83. The Morgan fingerprint density at radius 3 is 2.91 bits per heavy atom. The average Bonchev–Trinajstić information content (AvgIpc) is 2.48. The minimum absolute atomic E-state index is 0.0106. The van der Waals surface area contributed by atoms with E-state index in [1.54, 1.807) is 32.0 Å². The summed E-state index contributed by atoms with van der Waals surface area (Å²) in [5.74, 6) is 0.644. The molecule has 7 nitrogen and oxygen atoms in total. The molecule has 7 heteroatoms. The summed E-state index contributed by atoms with van der Waals surface area (Å²) in [4.78, 5) is 18.4. The number of anilines is 1. The van der Waals surface area contributed by atoms with Crippen molar-refractivity contribution in [3.63, 3.8) is 0 Å². The Labute approximate surface area is 127 Å². The van der Waals surface area contributed by atoms with Crippen LogP contribution in [-0.2, 0) is 0 Å². The summed E-state index contributed by atoms with van der Waals surface area (Å²) in [5, 5.41) is 14.0. The van der Waals surface area contributed by atoms with E-state index in [0.29, 0.717) is 29.2 Å². The fourth-order valence-corrected chi connectivity index (χ4v) is 1.78. The summed E-state index contributed by atoms with van der Waals surface area (Å²) in [6, 6.07) is 5.12. The van der Waals surface area contributed by atoms with Crippen molar-refractivity contribution in [1.29, 1.82) is 0 Å². The fraction of sp³-hybridized carbons (Fsp3) is 0.267. The zero-order valence-electron chi connectivity index (χ0n) is 12.7. The number of phenols is 1. The molecule has 0 aliphatic heterocycles. The molecule has 22 heavy (non-hydrogen) atoms. The lowest BCUT2D eigenvalue weighted by atomic mass is 10.2. The molecule has 1 heterocycles. The number of nitrogens with one attached hydrogen (secondary N) is 2. The molecule has 1 aromatic carbocycles. The number of phenolic OH excluding ortho intramolecular Hbond substituents is 1. The first-order chi connectivity index (χ1) is 10.5. The van der Waals surface area contributed by atoms with E-state index in [-0.39, 0.29) is 17.3 Å². The van der Waals surface area contributed by atoms with Crippen LogP contribution in [-0.4, -0.2) is 27.9 Å². The Bertz CT molecular complexity index is 753. The lowest BCUT2D eigenvalue weighted by molar-refractivity contribution is 0.318. The summed E-state index contributed by atoms with van der Waals surface area (Å²) in [6.45, 7) is 5.74. The lowest BCUT2D eigenvalue weighted by Gasteiger charge is -2.07. The third-order valence-corrected chi connectivity index (χ3v) is 3.10. The topological polar surface area (TPSA) is 99.6 Å². The van der Waals surface area contributed by atoms with Gasteiger partial charge in [0.2, 0.25) is 5.95 Å². The molecular weight excluding hydrogens is 284 g/mol. The van der Waals surface area contributed by atoms with E-state index in [0.717, 1.165) is 0 Å². The molecule has 0 saturated carbocycles. The van der Waals surface area contributed by atoms with Gasteiger partial charge in [0.25, 0.3) is 5.56 Å². The van der Waals surface area contributed by atoms with E-state index >= 15 is 0 Å². The van der Waals surface area contributed by atoms with Gasteiger partial charge < -0.3 is 9.84 Å². The van der Waals surface area contributed by atoms with Gasteiger partial charge in [-0.1, -0.05) is 6.07 Å². The first-order valence-electron chi connectivity index (χ1n) is 6.84. The molecule has 2 rings (SSSR count). The molecule has 1 aromatic heterocycles. The van der Waals surface area contributed by atoms with Crippen LogP contribution in [0, 0.1) is 13.8 Å². The number of para-hydroxylation sites is 1. The van der Waals surface area contributed by atoms with Gasteiger partial charge in [0.05, 0.1) is 12.8 Å². The minimum Gasteiger partial charge on any atom is -0.504 e. The predicted octanol–water partition coefficient (Wildman–Crippen LogP) is 1.94. The number of nitrogens with zero attached hydrogens (tertiary/aromatic N) is 2. The molecule has 0 aliphatic carbocycles. The predicted molar refractivity (Wildman–Crippen MR) is 84.8 cm³/mol. The largest absolute Gasteiger partial charge is 0.504 e. The second-order valence-corrected chi connectivity index (χ2v) is 4.62. The van der Waals surface area contributed by atoms with Gasteiger partial charge in [-0.15, -0.1) is 0 Å². The van der Waals surface area contributed by atoms with Crippen LogP contribution in [0.25, 0.3) is 0 Å². The third-order valence-electron chi connectivity index (χ3n) is 3.10. The van der Waals surface area contributed by atoms with Gasteiger partial charge in [0, 0.05) is 16.8 Å². The number of aromatic amines is 1. The number of ether oxygens (including phenoxy) is 1. The summed E-state index contributed by atoms with van der Waals surface area (Å²) < 4.78 is 5.29. The summed E-state index contributed by atoms with van der Waals surface area (Å²) in [5.41, 5.74) is 4.10. The summed E-state index contributed by atoms with van der Waals surface area (Å²) in [6.07, 6.45) is 1.42. The van der Waals surface area contributed by atoms with Crippen LogP contribution in [0.2, 0.25) is 0 Å². The van der Waals surface area contributed by atoms with Gasteiger partial charge in [-0.25, -0.2) is 10.4 Å². The SMILES string of the molecule is CCOc1cccc(/C=N\Nc2nc(C)c(C)c(=O)[nH]2)c1O. The Balaban J connectivity index is 2.16. The fourth-order valence-electron chi connectivity index (χ4n) is 1.78. The van der Waals surface area contributed by atoms with Crippen molar-refractivity contribution in [2.24, 2.45) is 5.10 Å². The van der Waals surface area contributed by atoms with Crippen molar-refractivity contribution in [1.82, 2.24) is 9.97 Å². The van der Waals surface area contributed by atoms with E-state index in [9.17, 15) is 9.90 Å². The smallest absolute Gasteiger partial charge is 0.255 e. The van der Waals surface area contributed by atoms with Crippen LogP contribution in [0.1, 0.15) is 23.7 Å². The van der Waals surface area contributed by atoms with Gasteiger partial charge >= 0.3 is 0 Å². The third kappa shape index (κ3) is 3.43. The molecule has 0 unspecified atom stereocenters. The Kier molecular flexibility index (Phi) is 4.77. The molecule has 0 atom stereocenters. The molecule has 0 aliphatic rings. The van der Waals surface area contributed by atoms with E-state index in [2.05, 4.69) is 20.5 Å². The van der Waals surface area contributed by atoms with Gasteiger partial charge in [-0.3, -0.25) is 9.78 Å². The maximum absolute atomic E-state index is 11.6. The van der Waals surface area contributed by atoms with Crippen LogP contribution in [0.15, 0.2) is 28.1 Å². The van der Waals surface area contributed by atoms with Crippen LogP contribution in [0.4, 0.5) is 5.95 Å². The number of aromatic hydroxyl groups is 1. The first kappa shape index (κ1) is 15.6.